The number of hydrogen-bond acceptors (Lipinski definition) is 1. The van der Waals surface area contributed by atoms with Crippen LogP contribution in [0.15, 0.2) is 144 Å². The summed E-state index contributed by atoms with van der Waals surface area (Å²) in [6, 6.07) is 34.8. The molecule has 4 aromatic rings. The van der Waals surface area contributed by atoms with Crippen molar-refractivity contribution < 1.29 is 0 Å². The van der Waals surface area contributed by atoms with Crippen LogP contribution in [0.25, 0.3) is 21.9 Å². The van der Waals surface area contributed by atoms with Crippen LogP contribution in [0.5, 0.6) is 0 Å². The largest absolute Gasteiger partial charge is 0.338 e. The van der Waals surface area contributed by atoms with Gasteiger partial charge in [-0.3, -0.25) is 0 Å². The SMILES string of the molecule is C/C=C\C=C/C(C)CC=CC1=C2C(CCC1)C1=C(C(C)c3ccccc31)C21C2=C(C=CCC2)c2cc(N(C)c3ccc4ccccc4c3)c#cc21. The fraction of sp³-hybridized carbons (Fsp3) is 0.280. The molecule has 0 amide bonds. The predicted octanol–water partition coefficient (Wildman–Crippen LogP) is 13.0. The van der Waals surface area contributed by atoms with E-state index in [1.54, 1.807) is 27.9 Å². The van der Waals surface area contributed by atoms with Crippen LogP contribution in [-0.2, 0) is 5.41 Å². The average Bonchev–Trinajstić information content (AvgIpc) is 3.76. The molecule has 0 N–H and O–H groups in total. The van der Waals surface area contributed by atoms with Crippen molar-refractivity contribution in [2.75, 3.05) is 11.9 Å². The van der Waals surface area contributed by atoms with Crippen LogP contribution in [0.2, 0.25) is 0 Å². The van der Waals surface area contributed by atoms with Crippen molar-refractivity contribution in [1.29, 1.82) is 0 Å². The van der Waals surface area contributed by atoms with Crippen molar-refractivity contribution in [3.8, 4) is 0 Å². The van der Waals surface area contributed by atoms with E-state index in [9.17, 15) is 0 Å². The van der Waals surface area contributed by atoms with Gasteiger partial charge in [0.25, 0.3) is 0 Å². The van der Waals surface area contributed by atoms with E-state index in [0.29, 0.717) is 17.8 Å². The number of rotatable bonds is 7. The summed E-state index contributed by atoms with van der Waals surface area (Å²) in [6.45, 7) is 6.89. The lowest BCUT2D eigenvalue weighted by molar-refractivity contribution is 0.532. The van der Waals surface area contributed by atoms with Gasteiger partial charge in [-0.2, -0.15) is 0 Å². The Balaban J connectivity index is 1.23. The lowest BCUT2D eigenvalue weighted by Crippen LogP contribution is -2.34. The number of benzene rings is 3. The minimum absolute atomic E-state index is 0.262. The summed E-state index contributed by atoms with van der Waals surface area (Å²) in [5.74, 6) is 1.29. The van der Waals surface area contributed by atoms with Crippen molar-refractivity contribution >= 4 is 33.3 Å². The zero-order valence-electron chi connectivity index (χ0n) is 30.5. The van der Waals surface area contributed by atoms with Crippen LogP contribution >= 0.6 is 0 Å². The second-order valence-corrected chi connectivity index (χ2v) is 15.3. The third-order valence-corrected chi connectivity index (χ3v) is 12.4. The highest BCUT2D eigenvalue weighted by molar-refractivity contribution is 5.99. The normalized spacial score (nSPS) is 23.8. The Labute approximate surface area is 304 Å². The predicted molar refractivity (Wildman–Crippen MR) is 216 cm³/mol. The molecule has 1 spiro atoms. The standard InChI is InChI=1S/C50H47N/c1-5-6-7-16-33(2)17-14-20-36-21-15-25-43-47-42-24-11-10-22-40(42)34(3)48(47)50(49(36)43)45-26-13-12-23-41(45)44-32-39(29-30-46(44)50)51(4)38-28-27-35-18-8-9-19-37(35)31-38/h5-12,14,16,18-20,22-24,27-28,31-34,43H,13,15,17,21,25-26H2,1-4H3/b6-5-,16-7-,20-14?. The van der Waals surface area contributed by atoms with E-state index in [1.807, 2.05) is 0 Å². The van der Waals surface area contributed by atoms with E-state index in [-0.39, 0.29) is 5.41 Å². The maximum absolute atomic E-state index is 3.96. The molecule has 1 nitrogen and oxygen atoms in total. The molecule has 5 aliphatic rings. The van der Waals surface area contributed by atoms with Gasteiger partial charge in [-0.05, 0) is 137 Å². The molecule has 0 aromatic heterocycles. The zero-order chi connectivity index (χ0) is 34.7. The van der Waals surface area contributed by atoms with Crippen molar-refractivity contribution in [3.63, 3.8) is 0 Å². The summed E-state index contributed by atoms with van der Waals surface area (Å²) in [4.78, 5) is 2.29. The fourth-order valence-electron chi connectivity index (χ4n) is 10.2. The topological polar surface area (TPSA) is 3.24 Å². The summed E-state index contributed by atoms with van der Waals surface area (Å²) < 4.78 is 0. The summed E-state index contributed by atoms with van der Waals surface area (Å²) in [6.07, 6.45) is 25.4. The molecule has 4 aromatic carbocycles. The van der Waals surface area contributed by atoms with Crippen LogP contribution in [0, 0.1) is 24.0 Å². The minimum Gasteiger partial charge on any atom is -0.338 e. The van der Waals surface area contributed by atoms with Crippen LogP contribution in [-0.4, -0.2) is 7.05 Å². The smallest absolute Gasteiger partial charge is 0.0931 e. The number of nitrogens with zero attached hydrogens (tertiary/aromatic N) is 1. The van der Waals surface area contributed by atoms with Crippen molar-refractivity contribution in [1.82, 2.24) is 0 Å². The van der Waals surface area contributed by atoms with Gasteiger partial charge in [-0.1, -0.05) is 123 Å². The molecule has 0 heterocycles. The third kappa shape index (κ3) is 4.83. The van der Waals surface area contributed by atoms with Gasteiger partial charge in [0.2, 0.25) is 0 Å². The van der Waals surface area contributed by atoms with Gasteiger partial charge in [-0.15, -0.1) is 0 Å². The average molecular weight is 662 g/mol. The molecule has 1 heteroatoms. The Morgan fingerprint density at radius 3 is 2.65 bits per heavy atom. The van der Waals surface area contributed by atoms with Crippen molar-refractivity contribution in [3.05, 3.63) is 178 Å². The molecule has 0 saturated carbocycles. The van der Waals surface area contributed by atoms with Gasteiger partial charge in [0.15, 0.2) is 0 Å². The van der Waals surface area contributed by atoms with E-state index in [0.717, 1.165) is 31.4 Å². The lowest BCUT2D eigenvalue weighted by atomic mass is 9.61. The van der Waals surface area contributed by atoms with E-state index in [2.05, 4.69) is 166 Å². The van der Waals surface area contributed by atoms with Gasteiger partial charge in [0, 0.05) is 30.1 Å². The summed E-state index contributed by atoms with van der Waals surface area (Å²) in [5, 5.41) is 2.52. The number of anilines is 2. The minimum atomic E-state index is -0.262. The maximum atomic E-state index is 3.96. The highest BCUT2D eigenvalue weighted by Crippen LogP contribution is 2.72. The summed E-state index contributed by atoms with van der Waals surface area (Å²) in [7, 11) is 2.18. The highest BCUT2D eigenvalue weighted by Gasteiger charge is 2.61. The lowest BCUT2D eigenvalue weighted by Gasteiger charge is -2.40. The number of allylic oxidation sites excluding steroid dienone is 14. The molecule has 0 fully saturated rings. The number of hydrogen-bond donors (Lipinski definition) is 0. The van der Waals surface area contributed by atoms with Crippen LogP contribution in [0.3, 0.4) is 0 Å². The van der Waals surface area contributed by atoms with Crippen LogP contribution in [0.1, 0.15) is 87.5 Å². The van der Waals surface area contributed by atoms with Gasteiger partial charge in [-0.25, -0.2) is 0 Å². The molecule has 4 unspecified atom stereocenters. The third-order valence-electron chi connectivity index (χ3n) is 12.4. The second kappa shape index (κ2) is 12.6. The maximum Gasteiger partial charge on any atom is 0.0931 e. The van der Waals surface area contributed by atoms with Gasteiger partial charge >= 0.3 is 0 Å². The van der Waals surface area contributed by atoms with Gasteiger partial charge < -0.3 is 4.90 Å². The van der Waals surface area contributed by atoms with E-state index in [4.69, 9.17) is 0 Å². The monoisotopic (exact) mass is 661 g/mol. The first-order chi connectivity index (χ1) is 25.0. The molecule has 0 radical (unpaired) electrons. The molecular formula is C50H47N. The highest BCUT2D eigenvalue weighted by atomic mass is 15.1. The molecule has 0 aliphatic heterocycles. The van der Waals surface area contributed by atoms with Crippen LogP contribution < -0.4 is 4.90 Å². The molecule has 0 bridgehead atoms. The van der Waals surface area contributed by atoms with Gasteiger partial charge in [0.1, 0.15) is 0 Å². The molecular weight excluding hydrogens is 615 g/mol. The molecule has 0 saturated heterocycles. The summed E-state index contributed by atoms with van der Waals surface area (Å²) >= 11 is 0. The molecule has 252 valence electrons. The molecule has 5 aliphatic carbocycles. The Morgan fingerprint density at radius 2 is 1.76 bits per heavy atom. The van der Waals surface area contributed by atoms with Crippen molar-refractivity contribution in [2.45, 2.75) is 70.6 Å². The number of fused-ring (bicyclic) bond motifs is 11. The van der Waals surface area contributed by atoms with E-state index >= 15 is 0 Å². The van der Waals surface area contributed by atoms with Crippen LogP contribution in [0.4, 0.5) is 11.4 Å². The van der Waals surface area contributed by atoms with E-state index < -0.39 is 0 Å². The Bertz CT molecular complexity index is 2280. The first-order valence-corrected chi connectivity index (χ1v) is 19.2. The van der Waals surface area contributed by atoms with Crippen molar-refractivity contribution in [2.24, 2.45) is 11.8 Å². The Hall–Kier alpha value is -5.06. The fourth-order valence-corrected chi connectivity index (χ4v) is 10.2. The Kier molecular flexibility index (Phi) is 7.89. The van der Waals surface area contributed by atoms with E-state index in [1.165, 1.54) is 57.1 Å². The summed E-state index contributed by atoms with van der Waals surface area (Å²) in [5.41, 5.74) is 17.2. The molecule has 9 rings (SSSR count). The molecule has 51 heavy (non-hydrogen) atoms. The Morgan fingerprint density at radius 1 is 0.922 bits per heavy atom. The quantitative estimate of drug-likeness (QED) is 0.178. The zero-order valence-corrected chi connectivity index (χ0v) is 30.5. The van der Waals surface area contributed by atoms with Gasteiger partial charge in [0.05, 0.1) is 11.1 Å². The molecule has 4 atom stereocenters. The first-order valence-electron chi connectivity index (χ1n) is 19.2. The first kappa shape index (κ1) is 31.9. The second-order valence-electron chi connectivity index (χ2n) is 15.3.